The Kier molecular flexibility index (Phi) is 3.81. The molecular weight excluding hydrogens is 248 g/mol. The fraction of sp³-hybridized carbons (Fsp3) is 0.385. The summed E-state index contributed by atoms with van der Waals surface area (Å²) in [5, 5.41) is 12.3. The van der Waals surface area contributed by atoms with E-state index in [-0.39, 0.29) is 0 Å². The van der Waals surface area contributed by atoms with Crippen LogP contribution in [0.3, 0.4) is 0 Å². The molecule has 0 fully saturated rings. The van der Waals surface area contributed by atoms with Crippen LogP contribution in [0.25, 0.3) is 0 Å². The van der Waals surface area contributed by atoms with Crippen molar-refractivity contribution in [1.82, 2.24) is 9.55 Å². The molecule has 0 bridgehead atoms. The van der Waals surface area contributed by atoms with Crippen LogP contribution in [0.5, 0.6) is 0 Å². The normalized spacial score (nSPS) is 10.8. The summed E-state index contributed by atoms with van der Waals surface area (Å²) in [5.41, 5.74) is 2.06. The molecule has 0 aliphatic carbocycles. The Hall–Kier alpha value is -1.62. The molecule has 0 saturated carbocycles. The molecule has 0 amide bonds. The number of hydrogen-bond acceptors (Lipinski definition) is 3. The van der Waals surface area contributed by atoms with E-state index in [0.29, 0.717) is 12.2 Å². The molecule has 5 heteroatoms. The number of hydrogen-bond donors (Lipinski definition) is 1. The van der Waals surface area contributed by atoms with Crippen LogP contribution >= 0.6 is 11.3 Å². The van der Waals surface area contributed by atoms with Gasteiger partial charge in [0.15, 0.2) is 0 Å². The van der Waals surface area contributed by atoms with Gasteiger partial charge in [-0.2, -0.15) is 0 Å². The molecule has 2 aromatic heterocycles. The van der Waals surface area contributed by atoms with Crippen LogP contribution in [-0.4, -0.2) is 20.6 Å². The molecule has 0 aliphatic heterocycles. The third-order valence-corrected chi connectivity index (χ3v) is 3.72. The van der Waals surface area contributed by atoms with Crippen molar-refractivity contribution < 1.29 is 9.90 Å². The Bertz CT molecular complexity index is 557. The number of aromatic nitrogens is 2. The van der Waals surface area contributed by atoms with Crippen LogP contribution in [0.1, 0.15) is 40.1 Å². The summed E-state index contributed by atoms with van der Waals surface area (Å²) >= 11 is 1.64. The highest BCUT2D eigenvalue weighted by Gasteiger charge is 2.14. The van der Waals surface area contributed by atoms with Crippen LogP contribution in [0.2, 0.25) is 0 Å². The highest BCUT2D eigenvalue weighted by atomic mass is 32.1. The van der Waals surface area contributed by atoms with Gasteiger partial charge in [-0.25, -0.2) is 9.78 Å². The Labute approximate surface area is 110 Å². The van der Waals surface area contributed by atoms with Gasteiger partial charge in [-0.3, -0.25) is 0 Å². The molecule has 18 heavy (non-hydrogen) atoms. The molecule has 0 spiro atoms. The molecule has 0 aliphatic rings. The first kappa shape index (κ1) is 12.8. The number of carboxylic acid groups (broad SMARTS) is 1. The zero-order valence-corrected chi connectivity index (χ0v) is 11.3. The summed E-state index contributed by atoms with van der Waals surface area (Å²) in [6.45, 7) is 4.46. The fourth-order valence-electron chi connectivity index (χ4n) is 1.93. The first-order valence-electron chi connectivity index (χ1n) is 5.94. The van der Waals surface area contributed by atoms with Crippen LogP contribution in [0, 0.1) is 6.92 Å². The zero-order valence-electron chi connectivity index (χ0n) is 10.5. The van der Waals surface area contributed by atoms with Crippen LogP contribution in [0.4, 0.5) is 0 Å². The largest absolute Gasteiger partial charge is 0.477 e. The minimum atomic E-state index is -0.887. The lowest BCUT2D eigenvalue weighted by atomic mass is 10.3. The number of aryl methyl sites for hydroxylation is 2. The van der Waals surface area contributed by atoms with Gasteiger partial charge in [0.1, 0.15) is 5.69 Å². The minimum absolute atomic E-state index is 0.347. The SMILES string of the molecule is CCCc1nc(Cn2ccc(C)c2C(=O)O)cs1. The molecule has 2 aromatic rings. The average molecular weight is 264 g/mol. The van der Waals surface area contributed by atoms with Crippen molar-refractivity contribution in [1.29, 1.82) is 0 Å². The summed E-state index contributed by atoms with van der Waals surface area (Å²) in [6, 6.07) is 1.82. The van der Waals surface area contributed by atoms with E-state index in [1.165, 1.54) is 0 Å². The Morgan fingerprint density at radius 3 is 3.00 bits per heavy atom. The molecule has 0 radical (unpaired) electrons. The summed E-state index contributed by atoms with van der Waals surface area (Å²) in [5.74, 6) is -0.887. The molecule has 0 atom stereocenters. The standard InChI is InChI=1S/C13H16N2O2S/c1-3-4-11-14-10(8-18-11)7-15-6-5-9(2)12(15)13(16)17/h5-6,8H,3-4,7H2,1-2H3,(H,16,17). The van der Waals surface area contributed by atoms with Gasteiger partial charge in [-0.05, 0) is 31.4 Å². The molecule has 1 N–H and O–H groups in total. The lowest BCUT2D eigenvalue weighted by Gasteiger charge is -2.04. The van der Waals surface area contributed by atoms with Gasteiger partial charge in [-0.1, -0.05) is 6.92 Å². The van der Waals surface area contributed by atoms with Gasteiger partial charge in [0.2, 0.25) is 0 Å². The second-order valence-corrected chi connectivity index (χ2v) is 5.21. The predicted octanol–water partition coefficient (Wildman–Crippen LogP) is 2.95. The topological polar surface area (TPSA) is 55.1 Å². The second-order valence-electron chi connectivity index (χ2n) is 4.26. The Morgan fingerprint density at radius 2 is 2.33 bits per heavy atom. The van der Waals surface area contributed by atoms with E-state index in [1.54, 1.807) is 22.1 Å². The van der Waals surface area contributed by atoms with E-state index in [4.69, 9.17) is 5.11 Å². The van der Waals surface area contributed by atoms with E-state index in [1.807, 2.05) is 18.4 Å². The zero-order chi connectivity index (χ0) is 13.1. The predicted molar refractivity (Wildman–Crippen MR) is 71.3 cm³/mol. The van der Waals surface area contributed by atoms with Crippen molar-refractivity contribution in [2.45, 2.75) is 33.2 Å². The van der Waals surface area contributed by atoms with E-state index >= 15 is 0 Å². The van der Waals surface area contributed by atoms with Gasteiger partial charge in [0.05, 0.1) is 17.2 Å². The summed E-state index contributed by atoms with van der Waals surface area (Å²) in [6.07, 6.45) is 3.87. The first-order valence-corrected chi connectivity index (χ1v) is 6.82. The van der Waals surface area contributed by atoms with Gasteiger partial charge >= 0.3 is 5.97 Å². The average Bonchev–Trinajstić information content (AvgIpc) is 2.87. The summed E-state index contributed by atoms with van der Waals surface area (Å²) < 4.78 is 1.74. The highest BCUT2D eigenvalue weighted by Crippen LogP contribution is 2.16. The maximum Gasteiger partial charge on any atom is 0.352 e. The quantitative estimate of drug-likeness (QED) is 0.903. The highest BCUT2D eigenvalue weighted by molar-refractivity contribution is 7.09. The van der Waals surface area contributed by atoms with Gasteiger partial charge in [0.25, 0.3) is 0 Å². The van der Waals surface area contributed by atoms with Crippen molar-refractivity contribution in [2.24, 2.45) is 0 Å². The van der Waals surface area contributed by atoms with Crippen molar-refractivity contribution >= 4 is 17.3 Å². The van der Waals surface area contributed by atoms with E-state index < -0.39 is 5.97 Å². The first-order chi connectivity index (χ1) is 8.61. The molecule has 96 valence electrons. The monoisotopic (exact) mass is 264 g/mol. The van der Waals surface area contributed by atoms with Crippen molar-refractivity contribution in [3.8, 4) is 0 Å². The number of carbonyl (C=O) groups is 1. The molecule has 4 nitrogen and oxygen atoms in total. The second kappa shape index (κ2) is 5.35. The Balaban J connectivity index is 2.20. The van der Waals surface area contributed by atoms with E-state index in [0.717, 1.165) is 29.1 Å². The van der Waals surface area contributed by atoms with Gasteiger partial charge in [-0.15, -0.1) is 11.3 Å². The smallest absolute Gasteiger partial charge is 0.352 e. The van der Waals surface area contributed by atoms with Crippen LogP contribution < -0.4 is 0 Å². The molecule has 0 saturated heterocycles. The number of aromatic carboxylic acids is 1. The van der Waals surface area contributed by atoms with Crippen LogP contribution in [-0.2, 0) is 13.0 Å². The van der Waals surface area contributed by atoms with Crippen molar-refractivity contribution in [2.75, 3.05) is 0 Å². The fourth-order valence-corrected chi connectivity index (χ4v) is 2.82. The van der Waals surface area contributed by atoms with Crippen molar-refractivity contribution in [3.05, 3.63) is 39.6 Å². The molecule has 2 heterocycles. The minimum Gasteiger partial charge on any atom is -0.477 e. The number of nitrogens with zero attached hydrogens (tertiary/aromatic N) is 2. The van der Waals surface area contributed by atoms with E-state index in [9.17, 15) is 4.79 Å². The maximum atomic E-state index is 11.2. The summed E-state index contributed by atoms with van der Waals surface area (Å²) in [7, 11) is 0. The molecule has 2 rings (SSSR count). The Morgan fingerprint density at radius 1 is 1.56 bits per heavy atom. The third-order valence-electron chi connectivity index (χ3n) is 2.76. The molecule has 0 aromatic carbocycles. The lowest BCUT2D eigenvalue weighted by molar-refractivity contribution is 0.0685. The summed E-state index contributed by atoms with van der Waals surface area (Å²) in [4.78, 5) is 15.7. The number of rotatable bonds is 5. The van der Waals surface area contributed by atoms with Crippen LogP contribution in [0.15, 0.2) is 17.6 Å². The van der Waals surface area contributed by atoms with Crippen molar-refractivity contribution in [3.63, 3.8) is 0 Å². The van der Waals surface area contributed by atoms with Gasteiger partial charge in [0, 0.05) is 11.6 Å². The van der Waals surface area contributed by atoms with Gasteiger partial charge < -0.3 is 9.67 Å². The lowest BCUT2D eigenvalue weighted by Crippen LogP contribution is -2.10. The molecule has 0 unspecified atom stereocenters. The third kappa shape index (κ3) is 2.61. The number of thiazole rings is 1. The maximum absolute atomic E-state index is 11.2. The number of carboxylic acids is 1. The molecular formula is C13H16N2O2S. The van der Waals surface area contributed by atoms with E-state index in [2.05, 4.69) is 11.9 Å².